The van der Waals surface area contributed by atoms with Gasteiger partial charge in [-0.15, -0.1) is 0 Å². The number of carbonyl (C=O) groups is 2. The van der Waals surface area contributed by atoms with Crippen molar-refractivity contribution in [1.29, 1.82) is 0 Å². The summed E-state index contributed by atoms with van der Waals surface area (Å²) in [6.45, 7) is 4.01. The number of hydrogen-bond donors (Lipinski definition) is 2. The molecule has 0 unspecified atom stereocenters. The smallest absolute Gasteiger partial charge is 0.255 e. The lowest BCUT2D eigenvalue weighted by atomic mass is 10.1. The fourth-order valence-corrected chi connectivity index (χ4v) is 2.96. The zero-order chi connectivity index (χ0) is 22.9. The molecule has 0 saturated heterocycles. The maximum Gasteiger partial charge on any atom is 0.255 e. The molecule has 0 aliphatic heterocycles. The molecule has 0 spiro atoms. The normalized spacial score (nSPS) is 10.2. The molecule has 2 N–H and O–H groups in total. The Labute approximate surface area is 186 Å². The van der Waals surface area contributed by atoms with Crippen LogP contribution in [0.1, 0.15) is 29.8 Å². The van der Waals surface area contributed by atoms with Crippen molar-refractivity contribution in [2.75, 3.05) is 24.4 Å². The van der Waals surface area contributed by atoms with E-state index in [-0.39, 0.29) is 11.8 Å². The topological polar surface area (TPSA) is 98.8 Å². The Morgan fingerprint density at radius 3 is 2.47 bits per heavy atom. The van der Waals surface area contributed by atoms with Crippen LogP contribution < -0.4 is 24.8 Å². The van der Waals surface area contributed by atoms with Crippen molar-refractivity contribution < 1.29 is 23.8 Å². The Morgan fingerprint density at radius 2 is 1.78 bits per heavy atom. The zero-order valence-corrected chi connectivity index (χ0v) is 18.2. The van der Waals surface area contributed by atoms with Crippen molar-refractivity contribution in [1.82, 2.24) is 4.98 Å². The summed E-state index contributed by atoms with van der Waals surface area (Å²) in [5.74, 6) is 0.883. The first-order chi connectivity index (χ1) is 15.5. The van der Waals surface area contributed by atoms with Gasteiger partial charge in [-0.05, 0) is 49.4 Å². The average Bonchev–Trinajstić information content (AvgIpc) is 2.79. The highest BCUT2D eigenvalue weighted by molar-refractivity contribution is 6.06. The van der Waals surface area contributed by atoms with Crippen LogP contribution in [0.2, 0.25) is 0 Å². The van der Waals surface area contributed by atoms with E-state index in [4.69, 9.17) is 14.2 Å². The molecule has 1 heterocycles. The van der Waals surface area contributed by atoms with Crippen LogP contribution in [0.5, 0.6) is 17.2 Å². The van der Waals surface area contributed by atoms with Crippen LogP contribution in [0.3, 0.4) is 0 Å². The van der Waals surface area contributed by atoms with E-state index in [2.05, 4.69) is 15.6 Å². The molecule has 32 heavy (non-hydrogen) atoms. The predicted octanol–water partition coefficient (Wildman–Crippen LogP) is 4.28. The highest BCUT2D eigenvalue weighted by atomic mass is 16.5. The Morgan fingerprint density at radius 1 is 0.969 bits per heavy atom. The van der Waals surface area contributed by atoms with Gasteiger partial charge in [0.2, 0.25) is 5.91 Å². The molecule has 166 valence electrons. The van der Waals surface area contributed by atoms with Crippen LogP contribution in [0.4, 0.5) is 11.4 Å². The summed E-state index contributed by atoms with van der Waals surface area (Å²) in [5, 5.41) is 5.50. The van der Waals surface area contributed by atoms with Gasteiger partial charge in [0.25, 0.3) is 5.91 Å². The number of pyridine rings is 1. The largest absolute Gasteiger partial charge is 0.495 e. The fourth-order valence-electron chi connectivity index (χ4n) is 2.96. The molecule has 3 aromatic rings. The Kier molecular flexibility index (Phi) is 7.64. The number of benzene rings is 2. The van der Waals surface area contributed by atoms with Gasteiger partial charge in [0, 0.05) is 36.1 Å². The van der Waals surface area contributed by atoms with E-state index >= 15 is 0 Å². The number of methoxy groups -OCH3 is 1. The summed E-state index contributed by atoms with van der Waals surface area (Å²) in [4.78, 5) is 28.3. The minimum atomic E-state index is -0.358. The molecule has 0 radical (unpaired) electrons. The number of hydrogen-bond acceptors (Lipinski definition) is 6. The predicted molar refractivity (Wildman–Crippen MR) is 121 cm³/mol. The number of ether oxygens (including phenoxy) is 3. The van der Waals surface area contributed by atoms with Gasteiger partial charge >= 0.3 is 0 Å². The number of carbonyl (C=O) groups excluding carboxylic acids is 2. The summed E-state index contributed by atoms with van der Waals surface area (Å²) in [6, 6.07) is 13.7. The molecular weight excluding hydrogens is 410 g/mol. The molecule has 3 rings (SSSR count). The molecule has 2 aromatic carbocycles. The number of rotatable bonds is 9. The summed E-state index contributed by atoms with van der Waals surface area (Å²) in [5.41, 5.74) is 2.28. The van der Waals surface area contributed by atoms with Gasteiger partial charge in [-0.3, -0.25) is 14.6 Å². The maximum atomic E-state index is 12.9. The minimum Gasteiger partial charge on any atom is -0.495 e. The first-order valence-electron chi connectivity index (χ1n) is 10.1. The highest BCUT2D eigenvalue weighted by Crippen LogP contribution is 2.31. The fraction of sp³-hybridized carbons (Fsp3) is 0.208. The molecule has 0 saturated carbocycles. The highest BCUT2D eigenvalue weighted by Gasteiger charge is 2.15. The van der Waals surface area contributed by atoms with E-state index < -0.39 is 0 Å². The molecule has 0 atom stereocenters. The van der Waals surface area contributed by atoms with Crippen LogP contribution in [0.15, 0.2) is 60.9 Å². The lowest BCUT2D eigenvalue weighted by molar-refractivity contribution is -0.114. The average molecular weight is 435 g/mol. The van der Waals surface area contributed by atoms with Gasteiger partial charge in [0.05, 0.1) is 19.4 Å². The number of amides is 2. The molecule has 1 aromatic heterocycles. The third-order valence-corrected chi connectivity index (χ3v) is 4.39. The number of aromatic nitrogens is 1. The number of anilines is 2. The van der Waals surface area contributed by atoms with Gasteiger partial charge in [0.1, 0.15) is 12.4 Å². The minimum absolute atomic E-state index is 0.212. The van der Waals surface area contributed by atoms with Crippen molar-refractivity contribution in [3.63, 3.8) is 0 Å². The van der Waals surface area contributed by atoms with Crippen molar-refractivity contribution in [2.45, 2.75) is 20.5 Å². The number of nitrogens with one attached hydrogen (secondary N) is 2. The second-order valence-corrected chi connectivity index (χ2v) is 6.79. The lowest BCUT2D eigenvalue weighted by Gasteiger charge is -2.15. The third kappa shape index (κ3) is 5.98. The molecule has 0 bridgehead atoms. The molecule has 0 fully saturated rings. The SMILES string of the molecule is CCOc1cc(C(=O)Nc2cc(NC(C)=O)ccc2OC)ccc1OCc1cccnc1. The van der Waals surface area contributed by atoms with Crippen LogP contribution in [-0.4, -0.2) is 30.5 Å². The first-order valence-corrected chi connectivity index (χ1v) is 10.1. The van der Waals surface area contributed by atoms with E-state index in [1.54, 1.807) is 48.8 Å². The van der Waals surface area contributed by atoms with Crippen molar-refractivity contribution in [3.8, 4) is 17.2 Å². The van der Waals surface area contributed by atoms with Crippen LogP contribution in [0.25, 0.3) is 0 Å². The number of nitrogens with zero attached hydrogens (tertiary/aromatic N) is 1. The van der Waals surface area contributed by atoms with Crippen molar-refractivity contribution in [3.05, 3.63) is 72.1 Å². The van der Waals surface area contributed by atoms with Gasteiger partial charge in [-0.2, -0.15) is 0 Å². The first kappa shape index (κ1) is 22.6. The van der Waals surface area contributed by atoms with E-state index in [0.29, 0.717) is 47.4 Å². The summed E-state index contributed by atoms with van der Waals surface area (Å²) in [6.07, 6.45) is 3.42. The second kappa shape index (κ2) is 10.8. The van der Waals surface area contributed by atoms with Crippen molar-refractivity contribution in [2.24, 2.45) is 0 Å². The lowest BCUT2D eigenvalue weighted by Crippen LogP contribution is -2.14. The Balaban J connectivity index is 1.79. The van der Waals surface area contributed by atoms with Crippen LogP contribution in [-0.2, 0) is 11.4 Å². The van der Waals surface area contributed by atoms with Crippen LogP contribution >= 0.6 is 0 Å². The molecule has 8 heteroatoms. The molecule has 0 aliphatic carbocycles. The maximum absolute atomic E-state index is 12.9. The summed E-state index contributed by atoms with van der Waals surface area (Å²) < 4.78 is 16.9. The third-order valence-electron chi connectivity index (χ3n) is 4.39. The van der Waals surface area contributed by atoms with Gasteiger partial charge in [-0.25, -0.2) is 0 Å². The Bertz CT molecular complexity index is 1090. The van der Waals surface area contributed by atoms with Crippen molar-refractivity contribution >= 4 is 23.2 Å². The van der Waals surface area contributed by atoms with E-state index in [9.17, 15) is 9.59 Å². The van der Waals surface area contributed by atoms with E-state index in [0.717, 1.165) is 5.56 Å². The molecule has 8 nitrogen and oxygen atoms in total. The molecule has 2 amide bonds. The van der Waals surface area contributed by atoms with Gasteiger partial charge in [-0.1, -0.05) is 6.07 Å². The second-order valence-electron chi connectivity index (χ2n) is 6.79. The monoisotopic (exact) mass is 435 g/mol. The molecular formula is C24H25N3O5. The summed E-state index contributed by atoms with van der Waals surface area (Å²) >= 11 is 0. The van der Waals surface area contributed by atoms with Crippen LogP contribution in [0, 0.1) is 0 Å². The van der Waals surface area contributed by atoms with E-state index in [1.807, 2.05) is 19.1 Å². The molecule has 0 aliphatic rings. The zero-order valence-electron chi connectivity index (χ0n) is 18.2. The van der Waals surface area contributed by atoms with E-state index in [1.165, 1.54) is 14.0 Å². The summed E-state index contributed by atoms with van der Waals surface area (Å²) in [7, 11) is 1.50. The standard InChI is InChI=1S/C24H25N3O5/c1-4-31-23-12-18(7-9-22(23)32-15-17-6-5-11-25-14-17)24(29)27-20-13-19(26-16(2)28)8-10-21(20)30-3/h5-14H,4,15H2,1-3H3,(H,26,28)(H,27,29). The van der Waals surface area contributed by atoms with Gasteiger partial charge < -0.3 is 24.8 Å². The van der Waals surface area contributed by atoms with Gasteiger partial charge in [0.15, 0.2) is 11.5 Å². The Hall–Kier alpha value is -4.07. The quantitative estimate of drug-likeness (QED) is 0.521.